The molecule has 1 aromatic rings. The molecule has 0 bridgehead atoms. The number of benzene rings is 1. The molecule has 5 heteroatoms. The summed E-state index contributed by atoms with van der Waals surface area (Å²) < 4.78 is 27.0. The second-order valence-electron chi connectivity index (χ2n) is 6.29. The summed E-state index contributed by atoms with van der Waals surface area (Å²) in [5, 5.41) is 0. The van der Waals surface area contributed by atoms with Gasteiger partial charge < -0.3 is 4.90 Å². The summed E-state index contributed by atoms with van der Waals surface area (Å²) in [5.41, 5.74) is 1.23. The Morgan fingerprint density at radius 1 is 0.913 bits per heavy atom. The second-order valence-corrected chi connectivity index (χ2v) is 8.23. The Labute approximate surface area is 141 Å². The standard InChI is InChI=1S/C18H30N2O2S/c1-3-5-6-7-8-17-9-11-18(12-10-17)23(21,22)20-15-13-19(4-2)14-16-20/h9-12H,3-8,13-16H2,1-2H3. The maximum atomic E-state index is 12.7. The minimum absolute atomic E-state index is 0.430. The van der Waals surface area contributed by atoms with Crippen molar-refractivity contribution in [2.75, 3.05) is 32.7 Å². The number of hydrogen-bond donors (Lipinski definition) is 0. The molecule has 4 nitrogen and oxygen atoms in total. The topological polar surface area (TPSA) is 40.6 Å². The summed E-state index contributed by atoms with van der Waals surface area (Å²) in [6.07, 6.45) is 5.98. The van der Waals surface area contributed by atoms with Gasteiger partial charge in [0.2, 0.25) is 10.0 Å². The molecule has 0 aliphatic carbocycles. The van der Waals surface area contributed by atoms with Crippen LogP contribution in [0.15, 0.2) is 29.2 Å². The molecule has 0 radical (unpaired) electrons. The van der Waals surface area contributed by atoms with E-state index in [9.17, 15) is 8.42 Å². The molecule has 0 unspecified atom stereocenters. The Kier molecular flexibility index (Phi) is 7.06. The van der Waals surface area contributed by atoms with Crippen LogP contribution in [-0.4, -0.2) is 50.3 Å². The molecular formula is C18H30N2O2S. The van der Waals surface area contributed by atoms with E-state index in [1.54, 1.807) is 16.4 Å². The zero-order valence-corrected chi connectivity index (χ0v) is 15.3. The first-order chi connectivity index (χ1) is 11.1. The van der Waals surface area contributed by atoms with E-state index in [2.05, 4.69) is 18.7 Å². The minimum Gasteiger partial charge on any atom is -0.301 e. The molecule has 1 saturated heterocycles. The molecule has 0 aromatic heterocycles. The van der Waals surface area contributed by atoms with Crippen LogP contribution in [0, 0.1) is 0 Å². The van der Waals surface area contributed by atoms with E-state index in [0.29, 0.717) is 18.0 Å². The molecule has 0 atom stereocenters. The third-order valence-corrected chi connectivity index (χ3v) is 6.57. The quantitative estimate of drug-likeness (QED) is 0.684. The Bertz CT molecular complexity index is 561. The SMILES string of the molecule is CCCCCCc1ccc(S(=O)(=O)N2CCN(CC)CC2)cc1. The summed E-state index contributed by atoms with van der Waals surface area (Å²) in [4.78, 5) is 2.71. The smallest absolute Gasteiger partial charge is 0.243 e. The molecule has 23 heavy (non-hydrogen) atoms. The van der Waals surface area contributed by atoms with Gasteiger partial charge in [0.25, 0.3) is 0 Å². The van der Waals surface area contributed by atoms with Crippen LogP contribution in [0.3, 0.4) is 0 Å². The number of sulfonamides is 1. The van der Waals surface area contributed by atoms with Crippen molar-refractivity contribution in [3.8, 4) is 0 Å². The Balaban J connectivity index is 1.95. The summed E-state index contributed by atoms with van der Waals surface area (Å²) in [6, 6.07) is 7.50. The largest absolute Gasteiger partial charge is 0.301 e. The first-order valence-corrected chi connectivity index (χ1v) is 10.3. The van der Waals surface area contributed by atoms with Crippen LogP contribution in [-0.2, 0) is 16.4 Å². The van der Waals surface area contributed by atoms with Crippen LogP contribution in [0.5, 0.6) is 0 Å². The average molecular weight is 339 g/mol. The maximum Gasteiger partial charge on any atom is 0.243 e. The van der Waals surface area contributed by atoms with Gasteiger partial charge in [-0.25, -0.2) is 8.42 Å². The van der Waals surface area contributed by atoms with E-state index in [4.69, 9.17) is 0 Å². The van der Waals surface area contributed by atoms with Crippen LogP contribution in [0.1, 0.15) is 45.1 Å². The molecule has 0 saturated carbocycles. The van der Waals surface area contributed by atoms with Gasteiger partial charge in [0.05, 0.1) is 4.90 Å². The Morgan fingerprint density at radius 3 is 2.13 bits per heavy atom. The van der Waals surface area contributed by atoms with Gasteiger partial charge in [0, 0.05) is 26.2 Å². The van der Waals surface area contributed by atoms with Gasteiger partial charge >= 0.3 is 0 Å². The van der Waals surface area contributed by atoms with Crippen LogP contribution in [0.25, 0.3) is 0 Å². The lowest BCUT2D eigenvalue weighted by Crippen LogP contribution is -2.48. The molecule has 130 valence electrons. The highest BCUT2D eigenvalue weighted by Crippen LogP contribution is 2.19. The molecule has 1 fully saturated rings. The third kappa shape index (κ3) is 5.03. The van der Waals surface area contributed by atoms with Crippen molar-refractivity contribution in [2.24, 2.45) is 0 Å². The summed E-state index contributed by atoms with van der Waals surface area (Å²) in [6.45, 7) is 8.14. The molecule has 0 amide bonds. The van der Waals surface area contributed by atoms with E-state index in [1.807, 2.05) is 12.1 Å². The fraction of sp³-hybridized carbons (Fsp3) is 0.667. The van der Waals surface area contributed by atoms with Crippen molar-refractivity contribution in [2.45, 2.75) is 50.8 Å². The van der Waals surface area contributed by atoms with E-state index < -0.39 is 10.0 Å². The van der Waals surface area contributed by atoms with Gasteiger partial charge in [-0.2, -0.15) is 4.31 Å². The lowest BCUT2D eigenvalue weighted by Gasteiger charge is -2.33. The highest BCUT2D eigenvalue weighted by Gasteiger charge is 2.27. The van der Waals surface area contributed by atoms with Crippen molar-refractivity contribution >= 4 is 10.0 Å². The van der Waals surface area contributed by atoms with E-state index in [-0.39, 0.29) is 0 Å². The molecular weight excluding hydrogens is 308 g/mol. The average Bonchev–Trinajstić information content (AvgIpc) is 2.59. The van der Waals surface area contributed by atoms with Crippen LogP contribution in [0.4, 0.5) is 0 Å². The summed E-state index contributed by atoms with van der Waals surface area (Å²) >= 11 is 0. The van der Waals surface area contributed by atoms with Gasteiger partial charge in [-0.3, -0.25) is 0 Å². The highest BCUT2D eigenvalue weighted by atomic mass is 32.2. The van der Waals surface area contributed by atoms with Gasteiger partial charge in [0.1, 0.15) is 0 Å². The monoisotopic (exact) mass is 338 g/mol. The van der Waals surface area contributed by atoms with Crippen molar-refractivity contribution in [1.82, 2.24) is 9.21 Å². The maximum absolute atomic E-state index is 12.7. The lowest BCUT2D eigenvalue weighted by atomic mass is 10.1. The number of aryl methyl sites for hydroxylation is 1. The summed E-state index contributed by atoms with van der Waals surface area (Å²) in [5.74, 6) is 0. The van der Waals surface area contributed by atoms with Gasteiger partial charge in [-0.05, 0) is 37.1 Å². The molecule has 0 spiro atoms. The van der Waals surface area contributed by atoms with Crippen molar-refractivity contribution in [1.29, 1.82) is 0 Å². The number of piperazine rings is 1. The summed E-state index contributed by atoms with van der Waals surface area (Å²) in [7, 11) is -3.33. The van der Waals surface area contributed by atoms with Crippen LogP contribution >= 0.6 is 0 Å². The van der Waals surface area contributed by atoms with Crippen LogP contribution in [0.2, 0.25) is 0 Å². The molecule has 2 rings (SSSR count). The van der Waals surface area contributed by atoms with E-state index >= 15 is 0 Å². The van der Waals surface area contributed by atoms with Crippen molar-refractivity contribution < 1.29 is 8.42 Å². The van der Waals surface area contributed by atoms with Gasteiger partial charge in [0.15, 0.2) is 0 Å². The van der Waals surface area contributed by atoms with Crippen molar-refractivity contribution in [3.63, 3.8) is 0 Å². The van der Waals surface area contributed by atoms with Gasteiger partial charge in [-0.1, -0.05) is 45.2 Å². The fourth-order valence-corrected chi connectivity index (χ4v) is 4.44. The van der Waals surface area contributed by atoms with Crippen LogP contribution < -0.4 is 0 Å². The zero-order valence-electron chi connectivity index (χ0n) is 14.5. The number of nitrogens with zero attached hydrogens (tertiary/aromatic N) is 2. The predicted octanol–water partition coefficient (Wildman–Crippen LogP) is 3.14. The zero-order chi connectivity index (χ0) is 16.7. The first kappa shape index (κ1) is 18.4. The number of unbranched alkanes of at least 4 members (excludes halogenated alkanes) is 3. The number of likely N-dealkylation sites (N-methyl/N-ethyl adjacent to an activating group) is 1. The minimum atomic E-state index is -3.33. The number of rotatable bonds is 8. The normalized spacial score (nSPS) is 17.5. The lowest BCUT2D eigenvalue weighted by molar-refractivity contribution is 0.196. The number of hydrogen-bond acceptors (Lipinski definition) is 3. The van der Waals surface area contributed by atoms with Crippen molar-refractivity contribution in [3.05, 3.63) is 29.8 Å². The fourth-order valence-electron chi connectivity index (χ4n) is 3.02. The Morgan fingerprint density at radius 2 is 1.57 bits per heavy atom. The highest BCUT2D eigenvalue weighted by molar-refractivity contribution is 7.89. The Hall–Kier alpha value is -0.910. The molecule has 1 heterocycles. The molecule has 1 aliphatic rings. The molecule has 0 N–H and O–H groups in total. The predicted molar refractivity (Wildman–Crippen MR) is 95.2 cm³/mol. The molecule has 1 aromatic carbocycles. The first-order valence-electron chi connectivity index (χ1n) is 8.89. The van der Waals surface area contributed by atoms with E-state index in [0.717, 1.165) is 26.1 Å². The van der Waals surface area contributed by atoms with Gasteiger partial charge in [-0.15, -0.1) is 0 Å². The molecule has 1 aliphatic heterocycles. The third-order valence-electron chi connectivity index (χ3n) is 4.66. The van der Waals surface area contributed by atoms with E-state index in [1.165, 1.54) is 31.2 Å². The second kappa shape index (κ2) is 8.81.